The fourth-order valence-electron chi connectivity index (χ4n) is 2.32. The highest BCUT2D eigenvalue weighted by atomic mass is 15.2. The largest absolute Gasteiger partial charge is 0.324 e. The molecule has 2 atom stereocenters. The molecule has 2 rings (SSSR count). The molecule has 2 fully saturated rings. The Labute approximate surface area is 68.7 Å². The second-order valence-corrected chi connectivity index (χ2v) is 4.49. The van der Waals surface area contributed by atoms with E-state index in [1.54, 1.807) is 0 Å². The number of likely N-dealkylation sites (tertiary alicyclic amines) is 1. The summed E-state index contributed by atoms with van der Waals surface area (Å²) < 4.78 is 0. The van der Waals surface area contributed by atoms with Gasteiger partial charge >= 0.3 is 0 Å². The first-order chi connectivity index (χ1) is 5.12. The minimum Gasteiger partial charge on any atom is -0.324 e. The highest BCUT2D eigenvalue weighted by Gasteiger charge is 2.50. The first-order valence-corrected chi connectivity index (χ1v) is 4.65. The van der Waals surface area contributed by atoms with Gasteiger partial charge in [-0.1, -0.05) is 0 Å². The van der Waals surface area contributed by atoms with Crippen LogP contribution in [0.1, 0.15) is 26.7 Å². The lowest BCUT2D eigenvalue weighted by molar-refractivity contribution is 0.188. The summed E-state index contributed by atoms with van der Waals surface area (Å²) in [6, 6.07) is 0.682. The number of nitrogens with two attached hydrogens (primary N) is 1. The number of hydrogen-bond acceptors (Lipinski definition) is 2. The summed E-state index contributed by atoms with van der Waals surface area (Å²) in [5.41, 5.74) is 6.41. The van der Waals surface area contributed by atoms with Crippen LogP contribution in [0.25, 0.3) is 0 Å². The Balaban J connectivity index is 2.02. The van der Waals surface area contributed by atoms with Crippen molar-refractivity contribution < 1.29 is 0 Å². The molecular weight excluding hydrogens is 136 g/mol. The summed E-state index contributed by atoms with van der Waals surface area (Å²) in [4.78, 5) is 2.51. The Morgan fingerprint density at radius 3 is 2.55 bits per heavy atom. The van der Waals surface area contributed by atoms with Gasteiger partial charge in [-0.15, -0.1) is 0 Å². The smallest absolute Gasteiger partial charge is 0.0324 e. The van der Waals surface area contributed by atoms with Crippen molar-refractivity contribution in [1.29, 1.82) is 0 Å². The first kappa shape index (κ1) is 7.56. The monoisotopic (exact) mass is 154 g/mol. The average Bonchev–Trinajstić information content (AvgIpc) is 2.13. The van der Waals surface area contributed by atoms with Crippen LogP contribution in [-0.2, 0) is 0 Å². The second kappa shape index (κ2) is 2.20. The van der Waals surface area contributed by atoms with E-state index in [-0.39, 0.29) is 5.54 Å². The molecule has 0 spiro atoms. The molecule has 0 aromatic rings. The van der Waals surface area contributed by atoms with Crippen molar-refractivity contribution in [3.8, 4) is 0 Å². The standard InChI is InChI=1S/C9H18N2/c1-7(2)11-5-8-3-4-9(8,10)6-11/h7-8H,3-6,10H2,1-2H3. The van der Waals surface area contributed by atoms with E-state index < -0.39 is 0 Å². The van der Waals surface area contributed by atoms with Gasteiger partial charge in [-0.25, -0.2) is 0 Å². The van der Waals surface area contributed by atoms with E-state index >= 15 is 0 Å². The Bertz CT molecular complexity index is 167. The van der Waals surface area contributed by atoms with Crippen molar-refractivity contribution in [2.45, 2.75) is 38.3 Å². The molecule has 1 saturated carbocycles. The molecule has 11 heavy (non-hydrogen) atoms. The maximum Gasteiger partial charge on any atom is 0.0324 e. The number of hydrogen-bond donors (Lipinski definition) is 1. The maximum absolute atomic E-state index is 6.19. The van der Waals surface area contributed by atoms with Crippen molar-refractivity contribution in [1.82, 2.24) is 4.90 Å². The molecule has 0 bridgehead atoms. The van der Waals surface area contributed by atoms with Gasteiger partial charge in [0.15, 0.2) is 0 Å². The van der Waals surface area contributed by atoms with Gasteiger partial charge in [-0.3, -0.25) is 4.90 Å². The van der Waals surface area contributed by atoms with Crippen LogP contribution in [0.3, 0.4) is 0 Å². The molecule has 1 aliphatic heterocycles. The van der Waals surface area contributed by atoms with Crippen LogP contribution in [0, 0.1) is 5.92 Å². The minimum atomic E-state index is 0.213. The Morgan fingerprint density at radius 1 is 1.55 bits per heavy atom. The Hall–Kier alpha value is -0.0800. The molecule has 2 aliphatic rings. The van der Waals surface area contributed by atoms with Crippen LogP contribution in [0.2, 0.25) is 0 Å². The summed E-state index contributed by atoms with van der Waals surface area (Å²) in [5.74, 6) is 0.810. The van der Waals surface area contributed by atoms with E-state index in [0.29, 0.717) is 6.04 Å². The zero-order valence-corrected chi connectivity index (χ0v) is 7.51. The van der Waals surface area contributed by atoms with Crippen molar-refractivity contribution in [3.63, 3.8) is 0 Å². The highest BCUT2D eigenvalue weighted by Crippen LogP contribution is 2.42. The van der Waals surface area contributed by atoms with Crippen molar-refractivity contribution >= 4 is 0 Å². The molecule has 1 aliphatic carbocycles. The Kier molecular flexibility index (Phi) is 1.52. The third-order valence-electron chi connectivity index (χ3n) is 3.45. The van der Waals surface area contributed by atoms with Crippen LogP contribution in [0.5, 0.6) is 0 Å². The van der Waals surface area contributed by atoms with Gasteiger partial charge in [-0.2, -0.15) is 0 Å². The number of fused-ring (bicyclic) bond motifs is 1. The highest BCUT2D eigenvalue weighted by molar-refractivity contribution is 5.08. The van der Waals surface area contributed by atoms with Gasteiger partial charge in [0.25, 0.3) is 0 Å². The van der Waals surface area contributed by atoms with E-state index in [0.717, 1.165) is 12.5 Å². The fraction of sp³-hybridized carbons (Fsp3) is 1.00. The normalized spacial score (nSPS) is 44.2. The zero-order valence-electron chi connectivity index (χ0n) is 7.51. The molecule has 2 heteroatoms. The molecule has 0 aromatic carbocycles. The Morgan fingerprint density at radius 2 is 2.27 bits per heavy atom. The van der Waals surface area contributed by atoms with E-state index in [9.17, 15) is 0 Å². The quantitative estimate of drug-likeness (QED) is 0.606. The summed E-state index contributed by atoms with van der Waals surface area (Å²) in [6.07, 6.45) is 2.61. The molecule has 64 valence electrons. The topological polar surface area (TPSA) is 29.3 Å². The minimum absolute atomic E-state index is 0.213. The lowest BCUT2D eigenvalue weighted by atomic mass is 9.70. The second-order valence-electron chi connectivity index (χ2n) is 4.49. The van der Waals surface area contributed by atoms with Crippen molar-refractivity contribution in [3.05, 3.63) is 0 Å². The molecule has 2 N–H and O–H groups in total. The summed E-state index contributed by atoms with van der Waals surface area (Å²) >= 11 is 0. The van der Waals surface area contributed by atoms with Crippen LogP contribution >= 0.6 is 0 Å². The summed E-state index contributed by atoms with van der Waals surface area (Å²) in [7, 11) is 0. The fourth-order valence-corrected chi connectivity index (χ4v) is 2.32. The van der Waals surface area contributed by atoms with Crippen molar-refractivity contribution in [2.75, 3.05) is 13.1 Å². The average molecular weight is 154 g/mol. The van der Waals surface area contributed by atoms with Crippen LogP contribution in [-0.4, -0.2) is 29.6 Å². The summed E-state index contributed by atoms with van der Waals surface area (Å²) in [6.45, 7) is 6.89. The van der Waals surface area contributed by atoms with Crippen molar-refractivity contribution in [2.24, 2.45) is 11.7 Å². The maximum atomic E-state index is 6.19. The van der Waals surface area contributed by atoms with Gasteiger partial charge < -0.3 is 5.73 Å². The van der Waals surface area contributed by atoms with E-state index in [1.165, 1.54) is 19.4 Å². The lowest BCUT2D eigenvalue weighted by Crippen LogP contribution is -2.54. The lowest BCUT2D eigenvalue weighted by Gasteiger charge is -2.40. The molecule has 0 aromatic heterocycles. The van der Waals surface area contributed by atoms with Gasteiger partial charge in [0, 0.05) is 24.7 Å². The first-order valence-electron chi connectivity index (χ1n) is 4.65. The van der Waals surface area contributed by atoms with Crippen LogP contribution in [0.4, 0.5) is 0 Å². The molecule has 0 radical (unpaired) electrons. The van der Waals surface area contributed by atoms with Crippen LogP contribution in [0.15, 0.2) is 0 Å². The molecular formula is C9H18N2. The number of rotatable bonds is 1. The predicted octanol–water partition coefficient (Wildman–Crippen LogP) is 0.818. The molecule has 1 saturated heterocycles. The number of nitrogens with zero attached hydrogens (tertiary/aromatic N) is 1. The van der Waals surface area contributed by atoms with Gasteiger partial charge in [0.1, 0.15) is 0 Å². The SMILES string of the molecule is CC(C)N1CC2CCC2(N)C1. The van der Waals surface area contributed by atoms with E-state index in [4.69, 9.17) is 5.73 Å². The zero-order chi connectivity index (χ0) is 8.06. The third kappa shape index (κ3) is 1.00. The van der Waals surface area contributed by atoms with E-state index in [2.05, 4.69) is 18.7 Å². The third-order valence-corrected chi connectivity index (χ3v) is 3.45. The van der Waals surface area contributed by atoms with Gasteiger partial charge in [-0.05, 0) is 32.6 Å². The van der Waals surface area contributed by atoms with E-state index in [1.807, 2.05) is 0 Å². The van der Waals surface area contributed by atoms with Gasteiger partial charge in [0.05, 0.1) is 0 Å². The predicted molar refractivity (Wildman–Crippen MR) is 46.4 cm³/mol. The summed E-state index contributed by atoms with van der Waals surface area (Å²) in [5, 5.41) is 0. The van der Waals surface area contributed by atoms with Gasteiger partial charge in [0.2, 0.25) is 0 Å². The van der Waals surface area contributed by atoms with Crippen LogP contribution < -0.4 is 5.73 Å². The molecule has 2 unspecified atom stereocenters. The molecule has 1 heterocycles. The molecule has 0 amide bonds. The molecule has 2 nitrogen and oxygen atoms in total.